The van der Waals surface area contributed by atoms with Gasteiger partial charge in [0.2, 0.25) is 11.9 Å². The molecule has 0 aliphatic carbocycles. The van der Waals surface area contributed by atoms with Crippen LogP contribution in [0.3, 0.4) is 0 Å². The van der Waals surface area contributed by atoms with Gasteiger partial charge in [0.25, 0.3) is 5.91 Å². The van der Waals surface area contributed by atoms with Crippen LogP contribution in [-0.4, -0.2) is 46.2 Å². The highest BCUT2D eigenvalue weighted by molar-refractivity contribution is 6.20. The van der Waals surface area contributed by atoms with E-state index in [-0.39, 0.29) is 11.9 Å². The molecule has 3 rings (SSSR count). The van der Waals surface area contributed by atoms with Crippen LogP contribution >= 0.6 is 0 Å². The second kappa shape index (κ2) is 4.53. The number of nitrogens with zero attached hydrogens (tertiary/aromatic N) is 5. The summed E-state index contributed by atoms with van der Waals surface area (Å²) in [4.78, 5) is 31.8. The molecule has 7 nitrogen and oxygen atoms in total. The highest BCUT2D eigenvalue weighted by atomic mass is 16.2. The molecule has 3 amide bonds. The number of carbonyl (C=O) groups is 2. The molecule has 1 atom stereocenters. The summed E-state index contributed by atoms with van der Waals surface area (Å²) in [6.07, 6.45) is 0. The van der Waals surface area contributed by atoms with Crippen LogP contribution in [0.25, 0.3) is 0 Å². The average Bonchev–Trinajstić information content (AvgIpc) is 2.95. The van der Waals surface area contributed by atoms with Crippen molar-refractivity contribution in [3.8, 4) is 0 Å². The second-order valence-corrected chi connectivity index (χ2v) is 6.00. The Morgan fingerprint density at radius 2 is 1.91 bits per heavy atom. The number of hydrogen-bond acceptors (Lipinski definition) is 3. The maximum absolute atomic E-state index is 12.6. The first kappa shape index (κ1) is 14.5. The van der Waals surface area contributed by atoms with Gasteiger partial charge in [-0.3, -0.25) is 14.6 Å². The van der Waals surface area contributed by atoms with Gasteiger partial charge in [-0.05, 0) is 26.3 Å². The average molecular weight is 302 g/mol. The largest absolute Gasteiger partial charge is 0.402 e. The molecule has 22 heavy (non-hydrogen) atoms. The summed E-state index contributed by atoms with van der Waals surface area (Å²) in [6, 6.07) is -0.917. The van der Waals surface area contributed by atoms with Crippen LogP contribution in [0.2, 0.25) is 0 Å². The molecule has 3 heterocycles. The van der Waals surface area contributed by atoms with Gasteiger partial charge in [-0.25, -0.2) is 13.9 Å². The number of imidazole rings is 1. The molecule has 0 aromatic carbocycles. The van der Waals surface area contributed by atoms with Gasteiger partial charge in [-0.2, -0.15) is 0 Å². The smallest absolute Gasteiger partial charge is 0.270 e. The van der Waals surface area contributed by atoms with Crippen LogP contribution in [0.5, 0.6) is 0 Å². The van der Waals surface area contributed by atoms with E-state index in [2.05, 4.69) is 11.6 Å². The number of amidine groups is 1. The van der Waals surface area contributed by atoms with E-state index in [1.807, 2.05) is 29.9 Å². The third-order valence-electron chi connectivity index (χ3n) is 4.37. The fourth-order valence-corrected chi connectivity index (χ4v) is 3.04. The second-order valence-electron chi connectivity index (χ2n) is 6.00. The van der Waals surface area contributed by atoms with Crippen molar-refractivity contribution >= 4 is 23.7 Å². The minimum absolute atomic E-state index is 0.249. The number of amides is 3. The monoisotopic (exact) mass is 302 g/mol. The van der Waals surface area contributed by atoms with E-state index in [9.17, 15) is 9.59 Å². The number of rotatable bonds is 2. The van der Waals surface area contributed by atoms with Crippen molar-refractivity contribution in [3.05, 3.63) is 23.5 Å². The summed E-state index contributed by atoms with van der Waals surface area (Å²) >= 11 is 0. The molecule has 0 spiro atoms. The van der Waals surface area contributed by atoms with Crippen molar-refractivity contribution in [1.29, 1.82) is 0 Å². The maximum Gasteiger partial charge on any atom is 0.402 e. The highest BCUT2D eigenvalue weighted by Gasteiger charge is 2.53. The molecule has 0 bridgehead atoms. The van der Waals surface area contributed by atoms with Crippen LogP contribution in [0.4, 0.5) is 10.7 Å². The Morgan fingerprint density at radius 1 is 1.27 bits per heavy atom. The van der Waals surface area contributed by atoms with Crippen molar-refractivity contribution in [3.63, 3.8) is 0 Å². The van der Waals surface area contributed by atoms with E-state index in [1.54, 1.807) is 7.05 Å². The van der Waals surface area contributed by atoms with Crippen molar-refractivity contribution in [1.82, 2.24) is 14.4 Å². The molecular formula is C15H20N5O2+. The Bertz CT molecular complexity index is 758. The zero-order chi connectivity index (χ0) is 16.3. The fraction of sp³-hybridized carbons (Fsp3) is 0.467. The standard InChI is InChI=1S/C15H20N5O2/c1-8(2)7-19-9(3)10(4)20-11-12(16-14(19)20)17(5)15(22)18(6)13(11)21/h11H,1,7H2,2-6H3/q+1. The topological polar surface area (TPSA) is 61.8 Å². The third-order valence-corrected chi connectivity index (χ3v) is 4.37. The quantitative estimate of drug-likeness (QED) is 0.606. The number of hydrogen-bond donors (Lipinski definition) is 0. The number of urea groups is 1. The number of likely N-dealkylation sites (N-methyl/N-ethyl adjacent to an activating group) is 2. The Hall–Kier alpha value is -2.44. The predicted molar refractivity (Wildman–Crippen MR) is 81.0 cm³/mol. The lowest BCUT2D eigenvalue weighted by molar-refractivity contribution is -0.681. The van der Waals surface area contributed by atoms with Gasteiger partial charge >= 0.3 is 12.0 Å². The van der Waals surface area contributed by atoms with Crippen molar-refractivity contribution in [2.75, 3.05) is 14.1 Å². The van der Waals surface area contributed by atoms with Gasteiger partial charge in [-0.15, -0.1) is 0 Å². The Kier molecular flexibility index (Phi) is 2.98. The Morgan fingerprint density at radius 3 is 2.50 bits per heavy atom. The van der Waals surface area contributed by atoms with E-state index in [0.29, 0.717) is 18.3 Å². The summed E-state index contributed by atoms with van der Waals surface area (Å²) < 4.78 is 3.95. The van der Waals surface area contributed by atoms with Crippen LogP contribution in [0.1, 0.15) is 24.4 Å². The van der Waals surface area contributed by atoms with Gasteiger partial charge in [0, 0.05) is 14.1 Å². The third kappa shape index (κ3) is 1.68. The summed E-state index contributed by atoms with van der Waals surface area (Å²) in [5, 5.41) is 0. The van der Waals surface area contributed by atoms with Crippen molar-refractivity contribution < 1.29 is 14.2 Å². The minimum atomic E-state index is -0.562. The summed E-state index contributed by atoms with van der Waals surface area (Å²) in [5.41, 5.74) is 3.03. The van der Waals surface area contributed by atoms with Gasteiger partial charge in [-0.1, -0.05) is 11.6 Å². The van der Waals surface area contributed by atoms with Crippen LogP contribution in [0, 0.1) is 13.8 Å². The molecule has 0 saturated carbocycles. The highest BCUT2D eigenvalue weighted by Crippen LogP contribution is 2.34. The lowest BCUT2D eigenvalue weighted by atomic mass is 10.1. The van der Waals surface area contributed by atoms with Gasteiger partial charge in [0.1, 0.15) is 11.4 Å². The molecule has 0 N–H and O–H groups in total. The van der Waals surface area contributed by atoms with Gasteiger partial charge < -0.3 is 0 Å². The molecule has 7 heteroatoms. The van der Waals surface area contributed by atoms with Crippen LogP contribution < -0.4 is 4.57 Å². The SMILES string of the molecule is C=C(C)C[n+]1c(C)c(C)n2c1N=C1C2C(=O)N(C)C(=O)N1C. The van der Waals surface area contributed by atoms with E-state index in [4.69, 9.17) is 0 Å². The van der Waals surface area contributed by atoms with Crippen LogP contribution in [-0.2, 0) is 11.3 Å². The first-order valence-corrected chi connectivity index (χ1v) is 7.15. The van der Waals surface area contributed by atoms with E-state index in [1.165, 1.54) is 11.9 Å². The molecule has 1 aromatic rings. The van der Waals surface area contributed by atoms with E-state index in [0.717, 1.165) is 21.9 Å². The summed E-state index contributed by atoms with van der Waals surface area (Å²) in [7, 11) is 3.15. The molecule has 0 radical (unpaired) electrons. The van der Waals surface area contributed by atoms with Gasteiger partial charge in [0.15, 0.2) is 0 Å². The lowest BCUT2D eigenvalue weighted by Gasteiger charge is -2.30. The van der Waals surface area contributed by atoms with E-state index >= 15 is 0 Å². The Balaban J connectivity index is 2.21. The maximum atomic E-state index is 12.6. The number of fused-ring (bicyclic) bond motifs is 3. The summed E-state index contributed by atoms with van der Waals surface area (Å²) in [6.45, 7) is 10.5. The molecule has 2 aliphatic rings. The Labute approximate surface area is 129 Å². The molecule has 1 saturated heterocycles. The number of aromatic nitrogens is 2. The molecule has 1 unspecified atom stereocenters. The number of aliphatic imine (C=N–C) groups is 1. The fourth-order valence-electron chi connectivity index (χ4n) is 3.04. The first-order chi connectivity index (χ1) is 10.3. The molecular weight excluding hydrogens is 282 g/mol. The van der Waals surface area contributed by atoms with Crippen LogP contribution in [0.15, 0.2) is 17.1 Å². The van der Waals surface area contributed by atoms with Crippen molar-refractivity contribution in [2.24, 2.45) is 4.99 Å². The molecule has 1 fully saturated rings. The minimum Gasteiger partial charge on any atom is -0.270 e. The predicted octanol–water partition coefficient (Wildman–Crippen LogP) is 1.08. The zero-order valence-corrected chi connectivity index (χ0v) is 13.5. The lowest BCUT2D eigenvalue weighted by Crippen LogP contribution is -2.56. The molecule has 116 valence electrons. The van der Waals surface area contributed by atoms with E-state index < -0.39 is 6.04 Å². The number of imide groups is 1. The number of carbonyl (C=O) groups excluding carboxylic acids is 2. The number of allylic oxidation sites excluding steroid dienone is 1. The first-order valence-electron chi connectivity index (χ1n) is 7.15. The molecule has 1 aromatic heterocycles. The van der Waals surface area contributed by atoms with Crippen molar-refractivity contribution in [2.45, 2.75) is 33.4 Å². The normalized spacial score (nSPS) is 20.2. The van der Waals surface area contributed by atoms with Gasteiger partial charge in [0.05, 0.1) is 6.54 Å². The molecule has 2 aliphatic heterocycles. The zero-order valence-electron chi connectivity index (χ0n) is 13.5. The summed E-state index contributed by atoms with van der Waals surface area (Å²) in [5.74, 6) is 0.934.